The number of sulfonamides is 1. The second-order valence-electron chi connectivity index (χ2n) is 6.98. The SMILES string of the molecule is Cc1ccc(CN2c3ccsc3C(=O)C(=CNCc3ccc(F)cc3)S2(=O)=O)cc1. The van der Waals surface area contributed by atoms with E-state index in [2.05, 4.69) is 5.32 Å². The van der Waals surface area contributed by atoms with Crippen LogP contribution in [0.1, 0.15) is 26.4 Å². The number of ketones is 1. The van der Waals surface area contributed by atoms with Gasteiger partial charge in [-0.15, -0.1) is 11.3 Å². The number of carbonyl (C=O) groups is 1. The van der Waals surface area contributed by atoms with Crippen LogP contribution in [0.15, 0.2) is 71.1 Å². The van der Waals surface area contributed by atoms with E-state index in [1.54, 1.807) is 23.6 Å². The lowest BCUT2D eigenvalue weighted by molar-refractivity contribution is 0.104. The van der Waals surface area contributed by atoms with Crippen LogP contribution in [-0.4, -0.2) is 14.2 Å². The van der Waals surface area contributed by atoms with Crippen LogP contribution in [0.25, 0.3) is 0 Å². The zero-order chi connectivity index (χ0) is 21.3. The van der Waals surface area contributed by atoms with Crippen LogP contribution in [0.5, 0.6) is 0 Å². The zero-order valence-corrected chi connectivity index (χ0v) is 17.8. The van der Waals surface area contributed by atoms with E-state index >= 15 is 0 Å². The van der Waals surface area contributed by atoms with Crippen LogP contribution in [0.2, 0.25) is 0 Å². The second-order valence-corrected chi connectivity index (χ2v) is 9.72. The summed E-state index contributed by atoms with van der Waals surface area (Å²) < 4.78 is 40.9. The molecule has 1 aliphatic rings. The molecule has 0 fully saturated rings. The average molecular weight is 443 g/mol. The van der Waals surface area contributed by atoms with Gasteiger partial charge in [-0.1, -0.05) is 42.0 Å². The van der Waals surface area contributed by atoms with Crippen LogP contribution >= 0.6 is 11.3 Å². The van der Waals surface area contributed by atoms with Crippen LogP contribution in [0.4, 0.5) is 10.1 Å². The number of fused-ring (bicyclic) bond motifs is 1. The van der Waals surface area contributed by atoms with E-state index in [1.165, 1.54) is 34.0 Å². The molecule has 1 aromatic heterocycles. The highest BCUT2D eigenvalue weighted by atomic mass is 32.2. The van der Waals surface area contributed by atoms with E-state index in [0.717, 1.165) is 16.7 Å². The molecule has 8 heteroatoms. The maximum atomic E-state index is 13.3. The Morgan fingerprint density at radius 3 is 2.40 bits per heavy atom. The summed E-state index contributed by atoms with van der Waals surface area (Å²) in [5.41, 5.74) is 3.08. The topological polar surface area (TPSA) is 66.5 Å². The number of hydrogen-bond acceptors (Lipinski definition) is 5. The van der Waals surface area contributed by atoms with Gasteiger partial charge >= 0.3 is 0 Å². The predicted molar refractivity (Wildman–Crippen MR) is 116 cm³/mol. The quantitative estimate of drug-likeness (QED) is 0.597. The number of allylic oxidation sites excluding steroid dienone is 1. The van der Waals surface area contributed by atoms with Crippen molar-refractivity contribution in [2.75, 3.05) is 4.31 Å². The molecule has 0 aliphatic carbocycles. The molecule has 2 heterocycles. The Bertz CT molecular complexity index is 1210. The first kappa shape index (κ1) is 20.3. The molecule has 1 aliphatic heterocycles. The highest BCUT2D eigenvalue weighted by Crippen LogP contribution is 2.39. The van der Waals surface area contributed by atoms with Gasteiger partial charge < -0.3 is 5.32 Å². The van der Waals surface area contributed by atoms with Gasteiger partial charge in [0.05, 0.1) is 12.2 Å². The summed E-state index contributed by atoms with van der Waals surface area (Å²) >= 11 is 1.22. The normalized spacial score (nSPS) is 16.5. The number of carbonyl (C=O) groups excluding carboxylic acids is 1. The van der Waals surface area contributed by atoms with Crippen LogP contribution in [-0.2, 0) is 23.1 Å². The second kappa shape index (κ2) is 8.04. The fraction of sp³-hybridized carbons (Fsp3) is 0.136. The van der Waals surface area contributed by atoms with E-state index in [0.29, 0.717) is 10.6 Å². The fourth-order valence-corrected chi connectivity index (χ4v) is 5.69. The monoisotopic (exact) mass is 442 g/mol. The summed E-state index contributed by atoms with van der Waals surface area (Å²) in [6.45, 7) is 2.36. The molecule has 4 rings (SSSR count). The molecule has 0 atom stereocenters. The molecular formula is C22H19FN2O3S2. The lowest BCUT2D eigenvalue weighted by Crippen LogP contribution is -2.38. The van der Waals surface area contributed by atoms with Crippen molar-refractivity contribution in [3.63, 3.8) is 0 Å². The molecule has 30 heavy (non-hydrogen) atoms. The molecule has 0 saturated carbocycles. The summed E-state index contributed by atoms with van der Waals surface area (Å²) in [6.07, 6.45) is 1.24. The minimum atomic E-state index is -4.04. The number of anilines is 1. The van der Waals surface area contributed by atoms with Crippen LogP contribution in [0, 0.1) is 12.7 Å². The molecule has 2 aromatic carbocycles. The largest absolute Gasteiger partial charge is 0.386 e. The number of nitrogens with zero attached hydrogens (tertiary/aromatic N) is 1. The first-order valence-electron chi connectivity index (χ1n) is 9.25. The molecule has 0 bridgehead atoms. The van der Waals surface area contributed by atoms with Crippen molar-refractivity contribution in [2.45, 2.75) is 20.0 Å². The number of benzene rings is 2. The number of thiophene rings is 1. The van der Waals surface area contributed by atoms with Gasteiger partial charge in [-0.2, -0.15) is 0 Å². The van der Waals surface area contributed by atoms with Gasteiger partial charge in [0.1, 0.15) is 10.7 Å². The third kappa shape index (κ3) is 3.88. The van der Waals surface area contributed by atoms with Gasteiger partial charge in [-0.3, -0.25) is 9.10 Å². The minimum absolute atomic E-state index is 0.134. The Balaban J connectivity index is 1.65. The molecule has 0 radical (unpaired) electrons. The fourth-order valence-electron chi connectivity index (χ4n) is 3.18. The smallest absolute Gasteiger partial charge is 0.270 e. The van der Waals surface area contributed by atoms with E-state index in [-0.39, 0.29) is 23.8 Å². The molecule has 154 valence electrons. The summed E-state index contributed by atoms with van der Waals surface area (Å²) in [5.74, 6) is -0.870. The lowest BCUT2D eigenvalue weighted by Gasteiger charge is -2.29. The maximum Gasteiger partial charge on any atom is 0.270 e. The predicted octanol–water partition coefficient (Wildman–Crippen LogP) is 4.36. The Labute approximate surface area is 178 Å². The van der Waals surface area contributed by atoms with Crippen molar-refractivity contribution in [3.8, 4) is 0 Å². The molecule has 0 amide bonds. The molecule has 0 spiro atoms. The van der Waals surface area contributed by atoms with Crippen LogP contribution in [0.3, 0.4) is 0 Å². The van der Waals surface area contributed by atoms with Gasteiger partial charge in [0.25, 0.3) is 10.0 Å². The van der Waals surface area contributed by atoms with Gasteiger partial charge in [0, 0.05) is 12.7 Å². The van der Waals surface area contributed by atoms with E-state index in [9.17, 15) is 17.6 Å². The highest BCUT2D eigenvalue weighted by Gasteiger charge is 2.41. The van der Waals surface area contributed by atoms with E-state index in [1.807, 2.05) is 31.2 Å². The molecule has 5 nitrogen and oxygen atoms in total. The lowest BCUT2D eigenvalue weighted by atomic mass is 10.1. The van der Waals surface area contributed by atoms with E-state index < -0.39 is 15.8 Å². The van der Waals surface area contributed by atoms with Crippen molar-refractivity contribution in [3.05, 3.63) is 98.5 Å². The molecule has 0 saturated heterocycles. The molecular weight excluding hydrogens is 423 g/mol. The van der Waals surface area contributed by atoms with Crippen molar-refractivity contribution in [1.82, 2.24) is 5.32 Å². The Kier molecular flexibility index (Phi) is 5.44. The summed E-state index contributed by atoms with van der Waals surface area (Å²) in [4.78, 5) is 13.0. The number of halogens is 1. The van der Waals surface area contributed by atoms with Crippen molar-refractivity contribution in [1.29, 1.82) is 0 Å². The summed E-state index contributed by atoms with van der Waals surface area (Å²) in [7, 11) is -4.04. The third-order valence-corrected chi connectivity index (χ3v) is 7.48. The number of Topliss-reactive ketones (excluding diaryl/α,β-unsaturated/α-hetero) is 1. The number of hydrogen-bond donors (Lipinski definition) is 1. The van der Waals surface area contributed by atoms with Crippen molar-refractivity contribution >= 4 is 32.8 Å². The van der Waals surface area contributed by atoms with Gasteiger partial charge in [-0.05, 0) is 41.6 Å². The van der Waals surface area contributed by atoms with Crippen molar-refractivity contribution in [2.24, 2.45) is 0 Å². The Morgan fingerprint density at radius 2 is 1.70 bits per heavy atom. The molecule has 1 N–H and O–H groups in total. The average Bonchev–Trinajstić information content (AvgIpc) is 3.20. The standard InChI is InChI=1S/C22H19FN2O3S2/c1-15-2-4-17(5-3-15)14-25-19-10-11-29-22(19)21(26)20(30(25,27)28)13-24-12-16-6-8-18(23)9-7-16/h2-11,13,24H,12,14H2,1H3. The van der Waals surface area contributed by atoms with Gasteiger partial charge in [0.15, 0.2) is 4.91 Å². The van der Waals surface area contributed by atoms with Crippen LogP contribution < -0.4 is 9.62 Å². The summed E-state index contributed by atoms with van der Waals surface area (Å²) in [6, 6.07) is 15.1. The Morgan fingerprint density at radius 1 is 1.03 bits per heavy atom. The Hall–Kier alpha value is -2.97. The number of aryl methyl sites for hydroxylation is 1. The van der Waals surface area contributed by atoms with Gasteiger partial charge in [-0.25, -0.2) is 12.8 Å². The maximum absolute atomic E-state index is 13.3. The van der Waals surface area contributed by atoms with E-state index in [4.69, 9.17) is 0 Å². The molecule has 0 unspecified atom stereocenters. The third-order valence-electron chi connectivity index (χ3n) is 4.81. The summed E-state index contributed by atoms with van der Waals surface area (Å²) in [5, 5.41) is 4.60. The first-order valence-corrected chi connectivity index (χ1v) is 11.6. The highest BCUT2D eigenvalue weighted by molar-refractivity contribution is 7.97. The minimum Gasteiger partial charge on any atom is -0.386 e. The molecule has 3 aromatic rings. The number of nitrogens with one attached hydrogen (secondary N) is 1. The number of rotatable bonds is 5. The first-order chi connectivity index (χ1) is 14.4. The van der Waals surface area contributed by atoms with Gasteiger partial charge in [0.2, 0.25) is 5.78 Å². The van der Waals surface area contributed by atoms with Crippen molar-refractivity contribution < 1.29 is 17.6 Å². The zero-order valence-electron chi connectivity index (χ0n) is 16.1.